The average Bonchev–Trinajstić information content (AvgIpc) is 3.09. The Morgan fingerprint density at radius 1 is 1.26 bits per heavy atom. The fourth-order valence-corrected chi connectivity index (χ4v) is 2.89. The average molecular weight is 311 g/mol. The molecule has 1 aromatic heterocycles. The van der Waals surface area contributed by atoms with E-state index in [4.69, 9.17) is 0 Å². The van der Waals surface area contributed by atoms with Gasteiger partial charge in [-0.3, -0.25) is 4.79 Å². The van der Waals surface area contributed by atoms with Crippen molar-refractivity contribution in [3.05, 3.63) is 36.0 Å². The summed E-state index contributed by atoms with van der Waals surface area (Å²) < 4.78 is 0. The lowest BCUT2D eigenvalue weighted by atomic mass is 10.1. The zero-order chi connectivity index (χ0) is 16.2. The zero-order valence-electron chi connectivity index (χ0n) is 13.3. The first-order chi connectivity index (χ1) is 11.2. The summed E-state index contributed by atoms with van der Waals surface area (Å²) in [6.45, 7) is 3.80. The quantitative estimate of drug-likeness (QED) is 0.857. The van der Waals surface area contributed by atoms with Gasteiger partial charge in [0.05, 0.1) is 11.1 Å². The number of hydrogen-bond acceptors (Lipinski definition) is 5. The molecule has 0 bridgehead atoms. The van der Waals surface area contributed by atoms with E-state index in [0.717, 1.165) is 32.4 Å². The molecule has 5 heteroatoms. The lowest BCUT2D eigenvalue weighted by Crippen LogP contribution is -2.22. The van der Waals surface area contributed by atoms with E-state index in [1.165, 1.54) is 0 Å². The second kappa shape index (κ2) is 6.77. The molecule has 1 saturated heterocycles. The number of phenolic OH excluding ortho intramolecular Hbond substituents is 1. The Morgan fingerprint density at radius 3 is 2.70 bits per heavy atom. The van der Waals surface area contributed by atoms with Crippen LogP contribution in [0.4, 0.5) is 5.82 Å². The van der Waals surface area contributed by atoms with Gasteiger partial charge in [-0.25, -0.2) is 9.97 Å². The van der Waals surface area contributed by atoms with Crippen molar-refractivity contribution in [3.63, 3.8) is 0 Å². The molecule has 0 unspecified atom stereocenters. The maximum absolute atomic E-state index is 12.4. The van der Waals surface area contributed by atoms with Crippen LogP contribution in [0.2, 0.25) is 0 Å². The van der Waals surface area contributed by atoms with Crippen molar-refractivity contribution < 1.29 is 9.90 Å². The van der Waals surface area contributed by atoms with E-state index in [2.05, 4.69) is 14.9 Å². The summed E-state index contributed by atoms with van der Waals surface area (Å²) in [5.74, 6) is 1.39. The summed E-state index contributed by atoms with van der Waals surface area (Å²) in [5, 5.41) is 10.0. The van der Waals surface area contributed by atoms with Crippen molar-refractivity contribution in [2.24, 2.45) is 0 Å². The lowest BCUT2D eigenvalue weighted by Gasteiger charge is -2.20. The fraction of sp³-hybridized carbons (Fsp3) is 0.389. The maximum Gasteiger partial charge on any atom is 0.168 e. The summed E-state index contributed by atoms with van der Waals surface area (Å²) in [4.78, 5) is 23.5. The molecule has 2 aromatic rings. The number of rotatable bonds is 5. The van der Waals surface area contributed by atoms with Crippen molar-refractivity contribution in [2.45, 2.75) is 32.6 Å². The molecule has 0 radical (unpaired) electrons. The highest BCUT2D eigenvalue weighted by Gasteiger charge is 2.22. The molecular formula is C18H21N3O2. The van der Waals surface area contributed by atoms with Gasteiger partial charge in [-0.15, -0.1) is 0 Å². The van der Waals surface area contributed by atoms with Crippen LogP contribution in [0.5, 0.6) is 5.75 Å². The molecule has 0 spiro atoms. The van der Waals surface area contributed by atoms with E-state index >= 15 is 0 Å². The van der Waals surface area contributed by atoms with Crippen molar-refractivity contribution >= 4 is 11.6 Å². The molecule has 2 heterocycles. The van der Waals surface area contributed by atoms with Gasteiger partial charge < -0.3 is 10.0 Å². The molecule has 1 fully saturated rings. The summed E-state index contributed by atoms with van der Waals surface area (Å²) in [5.41, 5.74) is 1.18. The molecule has 1 N–H and O–H groups in total. The summed E-state index contributed by atoms with van der Waals surface area (Å²) in [6, 6.07) is 7.00. The molecule has 0 amide bonds. The van der Waals surface area contributed by atoms with Gasteiger partial charge in [0, 0.05) is 25.7 Å². The van der Waals surface area contributed by atoms with Crippen LogP contribution in [0.3, 0.4) is 0 Å². The first-order valence-corrected chi connectivity index (χ1v) is 8.14. The Balaban J connectivity index is 2.06. The van der Waals surface area contributed by atoms with Crippen LogP contribution in [0, 0.1) is 0 Å². The largest absolute Gasteiger partial charge is 0.507 e. The monoisotopic (exact) mass is 311 g/mol. The second-order valence-corrected chi connectivity index (χ2v) is 5.82. The molecule has 0 saturated carbocycles. The van der Waals surface area contributed by atoms with Crippen LogP contribution in [-0.2, 0) is 0 Å². The maximum atomic E-state index is 12.4. The van der Waals surface area contributed by atoms with Crippen molar-refractivity contribution in [2.75, 3.05) is 18.0 Å². The molecule has 23 heavy (non-hydrogen) atoms. The molecule has 1 aliphatic heterocycles. The minimum atomic E-state index is 0.0817. The van der Waals surface area contributed by atoms with Gasteiger partial charge in [-0.2, -0.15) is 0 Å². The third-order valence-electron chi connectivity index (χ3n) is 4.10. The van der Waals surface area contributed by atoms with E-state index in [0.29, 0.717) is 29.2 Å². The zero-order valence-corrected chi connectivity index (χ0v) is 13.3. The third-order valence-corrected chi connectivity index (χ3v) is 4.10. The Hall–Kier alpha value is -2.43. The lowest BCUT2D eigenvalue weighted by molar-refractivity contribution is 0.0981. The normalized spacial score (nSPS) is 14.2. The van der Waals surface area contributed by atoms with Gasteiger partial charge in [0.25, 0.3) is 0 Å². The molecule has 120 valence electrons. The number of phenols is 1. The van der Waals surface area contributed by atoms with Crippen LogP contribution in [0.15, 0.2) is 30.5 Å². The molecule has 5 nitrogen and oxygen atoms in total. The summed E-state index contributed by atoms with van der Waals surface area (Å²) in [7, 11) is 0. The number of para-hydroxylation sites is 1. The van der Waals surface area contributed by atoms with Crippen LogP contribution in [0.1, 0.15) is 43.0 Å². The Bertz CT molecular complexity index is 709. The van der Waals surface area contributed by atoms with E-state index in [9.17, 15) is 9.90 Å². The van der Waals surface area contributed by atoms with Gasteiger partial charge in [0.15, 0.2) is 11.6 Å². The van der Waals surface area contributed by atoms with Gasteiger partial charge in [-0.1, -0.05) is 19.1 Å². The van der Waals surface area contributed by atoms with Crippen LogP contribution >= 0.6 is 0 Å². The molecule has 1 aliphatic rings. The van der Waals surface area contributed by atoms with E-state index in [-0.39, 0.29) is 11.5 Å². The van der Waals surface area contributed by atoms with Crippen LogP contribution < -0.4 is 4.90 Å². The first kappa shape index (κ1) is 15.5. The molecular weight excluding hydrogens is 290 g/mol. The predicted molar refractivity (Wildman–Crippen MR) is 89.8 cm³/mol. The Labute approximate surface area is 136 Å². The smallest absolute Gasteiger partial charge is 0.168 e. The number of Topliss-reactive ketones (excluding diaryl/α,β-unsaturated/α-hetero) is 1. The molecule has 1 aromatic carbocycles. The Morgan fingerprint density at radius 2 is 2.00 bits per heavy atom. The highest BCUT2D eigenvalue weighted by atomic mass is 16.3. The number of carbonyl (C=O) groups excluding carboxylic acids is 1. The number of aromatic hydroxyl groups is 1. The summed E-state index contributed by atoms with van der Waals surface area (Å²) >= 11 is 0. The highest BCUT2D eigenvalue weighted by Crippen LogP contribution is 2.30. The number of ketones is 1. The number of nitrogens with zero attached hydrogens (tertiary/aromatic N) is 3. The van der Waals surface area contributed by atoms with Gasteiger partial charge in [0.1, 0.15) is 11.6 Å². The van der Waals surface area contributed by atoms with Crippen molar-refractivity contribution in [1.82, 2.24) is 9.97 Å². The molecule has 0 aliphatic carbocycles. The van der Waals surface area contributed by atoms with Crippen LogP contribution in [-0.4, -0.2) is 33.9 Å². The highest BCUT2D eigenvalue weighted by molar-refractivity contribution is 6.00. The third kappa shape index (κ3) is 3.18. The second-order valence-electron chi connectivity index (χ2n) is 5.82. The first-order valence-electron chi connectivity index (χ1n) is 8.14. The van der Waals surface area contributed by atoms with Crippen molar-refractivity contribution in [3.8, 4) is 17.1 Å². The fourth-order valence-electron chi connectivity index (χ4n) is 2.89. The van der Waals surface area contributed by atoms with Crippen molar-refractivity contribution in [1.29, 1.82) is 0 Å². The number of hydrogen-bond donors (Lipinski definition) is 1. The predicted octanol–water partition coefficient (Wildman–Crippen LogP) is 3.43. The Kier molecular flexibility index (Phi) is 4.55. The number of aromatic nitrogens is 2. The van der Waals surface area contributed by atoms with Crippen LogP contribution in [0.25, 0.3) is 11.4 Å². The summed E-state index contributed by atoms with van der Waals surface area (Å²) in [6.07, 6.45) is 5.13. The topological polar surface area (TPSA) is 66.3 Å². The van der Waals surface area contributed by atoms with E-state index < -0.39 is 0 Å². The molecule has 0 atom stereocenters. The SMILES string of the molecule is CCCC(=O)c1cnc(-c2ccccc2O)nc1N1CCCC1. The van der Waals surface area contributed by atoms with Gasteiger partial charge in [-0.05, 0) is 31.4 Å². The van der Waals surface area contributed by atoms with E-state index in [1.807, 2.05) is 13.0 Å². The van der Waals surface area contributed by atoms with Gasteiger partial charge in [0.2, 0.25) is 0 Å². The minimum Gasteiger partial charge on any atom is -0.507 e. The number of benzene rings is 1. The van der Waals surface area contributed by atoms with E-state index in [1.54, 1.807) is 24.4 Å². The standard InChI is InChI=1S/C18H21N3O2/c1-2-7-15(22)14-12-19-17(13-8-3-4-9-16(13)23)20-18(14)21-10-5-6-11-21/h3-4,8-9,12,23H,2,5-7,10-11H2,1H3. The minimum absolute atomic E-state index is 0.0817. The number of carbonyl (C=O) groups is 1. The molecule has 3 rings (SSSR count). The van der Waals surface area contributed by atoms with Gasteiger partial charge >= 0.3 is 0 Å². The number of anilines is 1.